The summed E-state index contributed by atoms with van der Waals surface area (Å²) in [6.07, 6.45) is 6.56. The molecule has 1 N–H and O–H groups in total. The fourth-order valence-electron chi connectivity index (χ4n) is 2.74. The average Bonchev–Trinajstić information content (AvgIpc) is 3.21. The molecule has 0 radical (unpaired) electrons. The van der Waals surface area contributed by atoms with Crippen molar-refractivity contribution in [2.75, 3.05) is 12.3 Å². The van der Waals surface area contributed by atoms with Gasteiger partial charge in [-0.25, -0.2) is 0 Å². The summed E-state index contributed by atoms with van der Waals surface area (Å²) in [5.74, 6) is 0.716. The predicted octanol–water partition coefficient (Wildman–Crippen LogP) is 3.27. The molecule has 2 atom stereocenters. The number of amides is 2. The lowest BCUT2D eigenvalue weighted by Crippen LogP contribution is -2.49. The summed E-state index contributed by atoms with van der Waals surface area (Å²) >= 11 is 1.68. The number of unbranched alkanes of at least 4 members (excludes halogenated alkanes) is 2. The Balaban J connectivity index is 2.04. The molecule has 0 aromatic carbocycles. The largest absolute Gasteiger partial charge is 0.459 e. The van der Waals surface area contributed by atoms with Gasteiger partial charge in [-0.1, -0.05) is 33.1 Å². The topological polar surface area (TPSA) is 62.6 Å². The van der Waals surface area contributed by atoms with Crippen LogP contribution in [0.4, 0.5) is 0 Å². The number of furan rings is 1. The van der Waals surface area contributed by atoms with Crippen molar-refractivity contribution in [3.8, 4) is 0 Å². The molecule has 6 heteroatoms. The minimum absolute atomic E-state index is 0.0454. The molecule has 2 rings (SSSR count). The molecule has 0 saturated carbocycles. The molecule has 2 unspecified atom stereocenters. The van der Waals surface area contributed by atoms with E-state index < -0.39 is 6.04 Å². The number of rotatable bonds is 8. The molecular formula is C17H26N2O3S. The standard InChI is InChI=1S/C17H26N2O3S/c1-3-5-6-10-18-16(20)13-12-23-15(8-4-2)19(13)17(21)14-9-7-11-22-14/h7,9,11,13,15H,3-6,8,10,12H2,1-2H3,(H,18,20). The summed E-state index contributed by atoms with van der Waals surface area (Å²) < 4.78 is 5.24. The number of hydrogen-bond acceptors (Lipinski definition) is 4. The van der Waals surface area contributed by atoms with E-state index in [1.807, 2.05) is 0 Å². The lowest BCUT2D eigenvalue weighted by molar-refractivity contribution is -0.124. The molecule has 1 aliphatic rings. The van der Waals surface area contributed by atoms with Crippen LogP contribution in [0.1, 0.15) is 56.5 Å². The first-order valence-electron chi connectivity index (χ1n) is 8.44. The highest BCUT2D eigenvalue weighted by Gasteiger charge is 2.41. The van der Waals surface area contributed by atoms with Gasteiger partial charge in [-0.3, -0.25) is 9.59 Å². The second-order valence-electron chi connectivity index (χ2n) is 5.78. The summed E-state index contributed by atoms with van der Waals surface area (Å²) in [5.41, 5.74) is 0. The van der Waals surface area contributed by atoms with Crippen molar-refractivity contribution in [1.82, 2.24) is 10.2 Å². The Bertz CT molecular complexity index is 504. The Kier molecular flexibility index (Phi) is 7.02. The Labute approximate surface area is 142 Å². The monoisotopic (exact) mass is 338 g/mol. The lowest BCUT2D eigenvalue weighted by Gasteiger charge is -2.27. The summed E-state index contributed by atoms with van der Waals surface area (Å²) in [6, 6.07) is 2.95. The van der Waals surface area contributed by atoms with Crippen molar-refractivity contribution < 1.29 is 14.0 Å². The minimum Gasteiger partial charge on any atom is -0.459 e. The molecule has 5 nitrogen and oxygen atoms in total. The van der Waals surface area contributed by atoms with E-state index in [-0.39, 0.29) is 17.2 Å². The van der Waals surface area contributed by atoms with Gasteiger partial charge in [0.25, 0.3) is 5.91 Å². The Morgan fingerprint density at radius 3 is 2.83 bits per heavy atom. The zero-order valence-corrected chi connectivity index (χ0v) is 14.7. The average molecular weight is 338 g/mol. The molecule has 1 aliphatic heterocycles. The molecule has 2 amide bonds. The smallest absolute Gasteiger partial charge is 0.291 e. The van der Waals surface area contributed by atoms with E-state index in [1.54, 1.807) is 28.8 Å². The molecule has 0 aliphatic carbocycles. The van der Waals surface area contributed by atoms with E-state index in [9.17, 15) is 9.59 Å². The second kappa shape index (κ2) is 9.01. The van der Waals surface area contributed by atoms with Crippen LogP contribution in [-0.4, -0.2) is 40.4 Å². The van der Waals surface area contributed by atoms with E-state index in [2.05, 4.69) is 19.2 Å². The van der Waals surface area contributed by atoms with Crippen molar-refractivity contribution >= 4 is 23.6 Å². The fourth-order valence-corrected chi connectivity index (χ4v) is 4.26. The molecule has 0 bridgehead atoms. The van der Waals surface area contributed by atoms with Crippen LogP contribution in [0, 0.1) is 0 Å². The molecule has 2 heterocycles. The van der Waals surface area contributed by atoms with Crippen LogP contribution in [0.2, 0.25) is 0 Å². The van der Waals surface area contributed by atoms with Crippen molar-refractivity contribution in [3.63, 3.8) is 0 Å². The van der Waals surface area contributed by atoms with Gasteiger partial charge in [0, 0.05) is 12.3 Å². The summed E-state index contributed by atoms with van der Waals surface area (Å²) in [4.78, 5) is 26.9. The van der Waals surface area contributed by atoms with E-state index in [0.29, 0.717) is 18.1 Å². The van der Waals surface area contributed by atoms with E-state index in [0.717, 1.165) is 32.1 Å². The zero-order valence-electron chi connectivity index (χ0n) is 13.9. The van der Waals surface area contributed by atoms with Crippen molar-refractivity contribution in [1.29, 1.82) is 0 Å². The molecule has 128 valence electrons. The predicted molar refractivity (Wildman–Crippen MR) is 92.4 cm³/mol. The molecule has 1 saturated heterocycles. The van der Waals surface area contributed by atoms with E-state index in [4.69, 9.17) is 4.42 Å². The number of carbonyl (C=O) groups excluding carboxylic acids is 2. The van der Waals surface area contributed by atoms with Gasteiger partial charge in [-0.2, -0.15) is 0 Å². The van der Waals surface area contributed by atoms with Gasteiger partial charge in [-0.15, -0.1) is 11.8 Å². The van der Waals surface area contributed by atoms with Gasteiger partial charge < -0.3 is 14.6 Å². The highest BCUT2D eigenvalue weighted by Crippen LogP contribution is 2.33. The number of hydrogen-bond donors (Lipinski definition) is 1. The van der Waals surface area contributed by atoms with Gasteiger partial charge in [0.05, 0.1) is 11.6 Å². The maximum atomic E-state index is 12.7. The van der Waals surface area contributed by atoms with Crippen LogP contribution in [0.15, 0.2) is 22.8 Å². The van der Waals surface area contributed by atoms with Gasteiger partial charge in [-0.05, 0) is 25.0 Å². The van der Waals surface area contributed by atoms with Crippen LogP contribution in [0.5, 0.6) is 0 Å². The fraction of sp³-hybridized carbons (Fsp3) is 0.647. The van der Waals surface area contributed by atoms with Crippen molar-refractivity contribution in [3.05, 3.63) is 24.2 Å². The zero-order chi connectivity index (χ0) is 16.7. The highest BCUT2D eigenvalue weighted by atomic mass is 32.2. The molecule has 23 heavy (non-hydrogen) atoms. The van der Waals surface area contributed by atoms with Gasteiger partial charge in [0.1, 0.15) is 6.04 Å². The van der Waals surface area contributed by atoms with Crippen LogP contribution in [0.3, 0.4) is 0 Å². The Hall–Kier alpha value is -1.43. The molecule has 1 aromatic heterocycles. The van der Waals surface area contributed by atoms with Gasteiger partial charge >= 0.3 is 0 Å². The summed E-state index contributed by atoms with van der Waals surface area (Å²) in [6.45, 7) is 4.90. The lowest BCUT2D eigenvalue weighted by atomic mass is 10.2. The SMILES string of the molecule is CCCCCNC(=O)C1CSC(CCC)N1C(=O)c1ccco1. The van der Waals surface area contributed by atoms with Crippen LogP contribution in [0.25, 0.3) is 0 Å². The first-order chi connectivity index (χ1) is 11.2. The third kappa shape index (κ3) is 4.53. The van der Waals surface area contributed by atoms with Gasteiger partial charge in [0.15, 0.2) is 5.76 Å². The van der Waals surface area contributed by atoms with E-state index in [1.165, 1.54) is 6.26 Å². The number of nitrogens with zero attached hydrogens (tertiary/aromatic N) is 1. The first kappa shape index (κ1) is 17.9. The van der Waals surface area contributed by atoms with Gasteiger partial charge in [0.2, 0.25) is 5.91 Å². The number of thioether (sulfide) groups is 1. The molecule has 1 fully saturated rings. The van der Waals surface area contributed by atoms with Crippen LogP contribution >= 0.6 is 11.8 Å². The molecular weight excluding hydrogens is 312 g/mol. The Morgan fingerprint density at radius 1 is 1.35 bits per heavy atom. The Morgan fingerprint density at radius 2 is 2.17 bits per heavy atom. The third-order valence-electron chi connectivity index (χ3n) is 3.98. The van der Waals surface area contributed by atoms with Crippen LogP contribution in [-0.2, 0) is 4.79 Å². The van der Waals surface area contributed by atoms with Crippen molar-refractivity contribution in [2.45, 2.75) is 57.4 Å². The number of carbonyl (C=O) groups is 2. The normalized spacial score (nSPS) is 20.7. The third-order valence-corrected chi connectivity index (χ3v) is 5.33. The molecule has 1 aromatic rings. The molecule has 0 spiro atoms. The summed E-state index contributed by atoms with van der Waals surface area (Å²) in [5, 5.41) is 3.02. The first-order valence-corrected chi connectivity index (χ1v) is 9.49. The second-order valence-corrected chi connectivity index (χ2v) is 6.99. The highest BCUT2D eigenvalue weighted by molar-refractivity contribution is 8.00. The quantitative estimate of drug-likeness (QED) is 0.739. The summed E-state index contributed by atoms with van der Waals surface area (Å²) in [7, 11) is 0. The maximum absolute atomic E-state index is 12.7. The maximum Gasteiger partial charge on any atom is 0.291 e. The minimum atomic E-state index is -0.407. The van der Waals surface area contributed by atoms with E-state index >= 15 is 0 Å². The van der Waals surface area contributed by atoms with Crippen LogP contribution < -0.4 is 5.32 Å². The number of nitrogens with one attached hydrogen (secondary N) is 1. The van der Waals surface area contributed by atoms with Crippen molar-refractivity contribution in [2.24, 2.45) is 0 Å².